The van der Waals surface area contributed by atoms with Gasteiger partial charge in [-0.05, 0) is 6.42 Å². The number of hydrogen-bond acceptors (Lipinski definition) is 11. The van der Waals surface area contributed by atoms with Gasteiger partial charge in [-0.3, -0.25) is 0 Å². The normalized spacial score (nSPS) is 11.5. The summed E-state index contributed by atoms with van der Waals surface area (Å²) < 4.78 is 59.5. The summed E-state index contributed by atoms with van der Waals surface area (Å²) in [6.07, 6.45) is 2.24. The number of alkyl halides is 1. The molecule has 11 nitrogen and oxygen atoms in total. The fourth-order valence-electron chi connectivity index (χ4n) is 2.60. The van der Waals surface area contributed by atoms with E-state index in [1.807, 2.05) is 0 Å². The fourth-order valence-corrected chi connectivity index (χ4v) is 2.71. The first-order chi connectivity index (χ1) is 18.9. The second-order valence-corrected chi connectivity index (χ2v) is 8.16. The predicted molar refractivity (Wildman–Crippen MR) is 145 cm³/mol. The molecule has 0 aromatic heterocycles. The monoisotopic (exact) mass is 576 g/mol. The third kappa shape index (κ3) is 35.9. The first kappa shape index (κ1) is 37.9. The number of rotatable bonds is 35. The van der Waals surface area contributed by atoms with E-state index in [0.717, 1.165) is 19.4 Å². The zero-order chi connectivity index (χ0) is 27.5. The molecule has 0 aliphatic heterocycles. The van der Waals surface area contributed by atoms with Gasteiger partial charge in [-0.25, -0.2) is 0 Å². The lowest BCUT2D eigenvalue weighted by Gasteiger charge is -2.09. The third-order valence-corrected chi connectivity index (χ3v) is 4.74. The molecule has 0 aromatic rings. The van der Waals surface area contributed by atoms with Gasteiger partial charge < -0.3 is 52.1 Å². The van der Waals surface area contributed by atoms with Gasteiger partial charge in [0.25, 0.3) is 0 Å². The molecule has 0 aromatic carbocycles. The maximum absolute atomic E-state index is 5.50. The van der Waals surface area contributed by atoms with Gasteiger partial charge in [0.05, 0.1) is 139 Å². The Morgan fingerprint density at radius 1 is 0.289 bits per heavy atom. The van der Waals surface area contributed by atoms with Crippen LogP contribution in [0.1, 0.15) is 19.8 Å². The molecule has 0 bridgehead atoms. The second-order valence-electron chi connectivity index (χ2n) is 7.78. The Hall–Kier alpha value is -0.150. The van der Waals surface area contributed by atoms with Gasteiger partial charge in [0.15, 0.2) is 0 Å². The highest BCUT2D eigenvalue weighted by atomic mass is 35.5. The van der Waals surface area contributed by atoms with Crippen molar-refractivity contribution < 1.29 is 52.1 Å². The van der Waals surface area contributed by atoms with Crippen molar-refractivity contribution in [1.82, 2.24) is 0 Å². The third-order valence-electron chi connectivity index (χ3n) is 4.58. The summed E-state index contributed by atoms with van der Waals surface area (Å²) >= 11 is 5.50. The van der Waals surface area contributed by atoms with Crippen LogP contribution < -0.4 is 0 Å². The highest BCUT2D eigenvalue weighted by molar-refractivity contribution is 6.17. The number of ether oxygens (including phenoxy) is 11. The highest BCUT2D eigenvalue weighted by Crippen LogP contribution is 1.89. The molecular formula is C26H53ClO11. The topological polar surface area (TPSA) is 102 Å². The second kappa shape index (κ2) is 36.8. The van der Waals surface area contributed by atoms with Gasteiger partial charge in [0, 0.05) is 12.5 Å². The molecule has 0 aliphatic rings. The number of unbranched alkanes of at least 4 members (excludes halogenated alkanes) is 1. The summed E-state index contributed by atoms with van der Waals surface area (Å²) in [7, 11) is 0. The Morgan fingerprint density at radius 3 is 0.658 bits per heavy atom. The lowest BCUT2D eigenvalue weighted by Crippen LogP contribution is -2.15. The first-order valence-corrected chi connectivity index (χ1v) is 14.4. The molecule has 0 rings (SSSR count). The van der Waals surface area contributed by atoms with Crippen LogP contribution in [0.25, 0.3) is 0 Å². The maximum atomic E-state index is 5.50. The minimum Gasteiger partial charge on any atom is -0.379 e. The molecular weight excluding hydrogens is 524 g/mol. The summed E-state index contributed by atoms with van der Waals surface area (Å²) in [6.45, 7) is 14.4. The first-order valence-electron chi connectivity index (χ1n) is 13.8. The summed E-state index contributed by atoms with van der Waals surface area (Å²) in [5, 5.41) is 0. The van der Waals surface area contributed by atoms with Crippen LogP contribution in [0.3, 0.4) is 0 Å². The van der Waals surface area contributed by atoms with E-state index < -0.39 is 0 Å². The molecule has 0 amide bonds. The van der Waals surface area contributed by atoms with Gasteiger partial charge in [0.2, 0.25) is 0 Å². The van der Waals surface area contributed by atoms with Crippen LogP contribution in [0.2, 0.25) is 0 Å². The molecule has 12 heteroatoms. The standard InChI is InChI=1S/C26H53ClO11/c1-2-3-5-28-7-9-30-11-13-32-15-17-34-19-21-36-23-25-38-26-24-37-22-20-35-18-16-33-14-12-31-10-8-29-6-4-27/h2-26H2,1H3. The summed E-state index contributed by atoms with van der Waals surface area (Å²) in [6, 6.07) is 0. The molecule has 0 saturated heterocycles. The van der Waals surface area contributed by atoms with Crippen LogP contribution in [0.4, 0.5) is 0 Å². The van der Waals surface area contributed by atoms with Gasteiger partial charge in [-0.2, -0.15) is 0 Å². The molecule has 0 unspecified atom stereocenters. The molecule has 0 saturated carbocycles. The Labute approximate surface area is 234 Å². The van der Waals surface area contributed by atoms with E-state index in [1.165, 1.54) is 0 Å². The summed E-state index contributed by atoms with van der Waals surface area (Å²) in [5.74, 6) is 0.501. The molecule has 0 aliphatic carbocycles. The van der Waals surface area contributed by atoms with Crippen molar-refractivity contribution in [3.63, 3.8) is 0 Å². The zero-order valence-electron chi connectivity index (χ0n) is 23.5. The smallest absolute Gasteiger partial charge is 0.0701 e. The van der Waals surface area contributed by atoms with E-state index in [-0.39, 0.29) is 0 Å². The molecule has 0 radical (unpaired) electrons. The molecule has 230 valence electrons. The van der Waals surface area contributed by atoms with E-state index in [2.05, 4.69) is 6.92 Å². The zero-order valence-corrected chi connectivity index (χ0v) is 24.3. The molecule has 0 atom stereocenters. The Morgan fingerprint density at radius 2 is 0.474 bits per heavy atom. The Kier molecular flexibility index (Phi) is 36.7. The van der Waals surface area contributed by atoms with E-state index in [9.17, 15) is 0 Å². The number of halogens is 1. The van der Waals surface area contributed by atoms with E-state index in [1.54, 1.807) is 0 Å². The molecule has 0 N–H and O–H groups in total. The molecule has 0 spiro atoms. The minimum absolute atomic E-state index is 0.501. The van der Waals surface area contributed by atoms with Crippen molar-refractivity contribution in [3.8, 4) is 0 Å². The van der Waals surface area contributed by atoms with E-state index >= 15 is 0 Å². The van der Waals surface area contributed by atoms with Crippen LogP contribution in [-0.2, 0) is 52.1 Å². The lowest BCUT2D eigenvalue weighted by molar-refractivity contribution is -0.0274. The summed E-state index contributed by atoms with van der Waals surface area (Å²) in [5.41, 5.74) is 0. The summed E-state index contributed by atoms with van der Waals surface area (Å²) in [4.78, 5) is 0. The van der Waals surface area contributed by atoms with Crippen molar-refractivity contribution in [3.05, 3.63) is 0 Å². The van der Waals surface area contributed by atoms with E-state index in [0.29, 0.717) is 145 Å². The molecule has 0 fully saturated rings. The van der Waals surface area contributed by atoms with E-state index in [4.69, 9.17) is 63.7 Å². The van der Waals surface area contributed by atoms with Crippen LogP contribution in [-0.4, -0.2) is 151 Å². The lowest BCUT2D eigenvalue weighted by atomic mass is 10.4. The fraction of sp³-hybridized carbons (Fsp3) is 1.00. The van der Waals surface area contributed by atoms with Crippen molar-refractivity contribution in [2.24, 2.45) is 0 Å². The Bertz CT molecular complexity index is 375. The predicted octanol–water partition coefficient (Wildman–Crippen LogP) is 2.21. The number of hydrogen-bond donors (Lipinski definition) is 0. The van der Waals surface area contributed by atoms with Crippen LogP contribution in [0.5, 0.6) is 0 Å². The van der Waals surface area contributed by atoms with Crippen LogP contribution >= 0.6 is 11.6 Å². The van der Waals surface area contributed by atoms with Gasteiger partial charge in [-0.1, -0.05) is 13.3 Å². The van der Waals surface area contributed by atoms with Crippen molar-refractivity contribution in [1.29, 1.82) is 0 Å². The van der Waals surface area contributed by atoms with Crippen molar-refractivity contribution in [2.75, 3.05) is 151 Å². The maximum Gasteiger partial charge on any atom is 0.0701 e. The molecule has 0 heterocycles. The molecule has 38 heavy (non-hydrogen) atoms. The van der Waals surface area contributed by atoms with Crippen LogP contribution in [0.15, 0.2) is 0 Å². The van der Waals surface area contributed by atoms with Gasteiger partial charge in [0.1, 0.15) is 0 Å². The highest BCUT2D eigenvalue weighted by Gasteiger charge is 1.96. The van der Waals surface area contributed by atoms with Gasteiger partial charge in [-0.15, -0.1) is 11.6 Å². The van der Waals surface area contributed by atoms with Gasteiger partial charge >= 0.3 is 0 Å². The Balaban J connectivity index is 3.01. The quantitative estimate of drug-likeness (QED) is 0.0819. The van der Waals surface area contributed by atoms with Crippen LogP contribution in [0, 0.1) is 0 Å². The average molecular weight is 577 g/mol. The average Bonchev–Trinajstić information content (AvgIpc) is 2.93. The SMILES string of the molecule is CCCCOCCOCCOCCOCCOCCOCCOCCOCCOCCOCCOCCCl. The largest absolute Gasteiger partial charge is 0.379 e. The van der Waals surface area contributed by atoms with Crippen molar-refractivity contribution >= 4 is 11.6 Å². The van der Waals surface area contributed by atoms with Crippen molar-refractivity contribution in [2.45, 2.75) is 19.8 Å². The minimum atomic E-state index is 0.501.